The van der Waals surface area contributed by atoms with E-state index in [1.54, 1.807) is 28.8 Å². The van der Waals surface area contributed by atoms with Gasteiger partial charge in [-0.2, -0.15) is 0 Å². The molecule has 2 aromatic rings. The first-order valence-electron chi connectivity index (χ1n) is 9.19. The molecule has 1 aromatic heterocycles. The number of carbonyl (C=O) groups excluding carboxylic acids is 3. The third-order valence-corrected chi connectivity index (χ3v) is 5.12. The molecular formula is C19H23N5O4S. The third kappa shape index (κ3) is 6.33. The molecule has 0 bridgehead atoms. The maximum absolute atomic E-state index is 12.2. The van der Waals surface area contributed by atoms with Crippen LogP contribution in [-0.4, -0.2) is 44.2 Å². The van der Waals surface area contributed by atoms with Crippen LogP contribution in [0.3, 0.4) is 0 Å². The number of imidazole rings is 1. The number of nitrogens with zero attached hydrogens (tertiary/aromatic N) is 2. The second-order valence-corrected chi connectivity index (χ2v) is 7.66. The van der Waals surface area contributed by atoms with Gasteiger partial charge in [-0.1, -0.05) is 11.8 Å². The summed E-state index contributed by atoms with van der Waals surface area (Å²) in [6.45, 7) is 1.24. The highest BCUT2D eigenvalue weighted by Gasteiger charge is 2.24. The van der Waals surface area contributed by atoms with Crippen molar-refractivity contribution in [1.29, 1.82) is 0 Å². The lowest BCUT2D eigenvalue weighted by molar-refractivity contribution is -0.122. The van der Waals surface area contributed by atoms with Crippen molar-refractivity contribution >= 4 is 40.9 Å². The number of anilines is 2. The average molecular weight is 417 g/mol. The van der Waals surface area contributed by atoms with E-state index < -0.39 is 0 Å². The van der Waals surface area contributed by atoms with Crippen LogP contribution in [0.1, 0.15) is 25.5 Å². The van der Waals surface area contributed by atoms with Crippen LogP contribution >= 0.6 is 11.8 Å². The zero-order valence-electron chi connectivity index (χ0n) is 16.0. The Morgan fingerprint density at radius 1 is 1.14 bits per heavy atom. The summed E-state index contributed by atoms with van der Waals surface area (Å²) < 4.78 is 1.62. The molecule has 9 nitrogen and oxygen atoms in total. The summed E-state index contributed by atoms with van der Waals surface area (Å²) in [5.74, 6) is -0.433. The quantitative estimate of drug-likeness (QED) is 0.456. The highest BCUT2D eigenvalue weighted by molar-refractivity contribution is 7.99. The van der Waals surface area contributed by atoms with Crippen LogP contribution in [0.5, 0.6) is 0 Å². The molecule has 1 heterocycles. The Balaban J connectivity index is 1.54. The van der Waals surface area contributed by atoms with E-state index in [1.807, 2.05) is 0 Å². The van der Waals surface area contributed by atoms with Gasteiger partial charge in [0.05, 0.1) is 24.3 Å². The first kappa shape index (κ1) is 20.9. The molecule has 3 rings (SSSR count). The SMILES string of the molecule is CC(=O)Nc1ccc(NC(=O)CSc2ncc(CO)n2CC(=O)NC2CC2)cc1. The highest BCUT2D eigenvalue weighted by atomic mass is 32.2. The molecule has 29 heavy (non-hydrogen) atoms. The van der Waals surface area contributed by atoms with E-state index in [-0.39, 0.29) is 42.7 Å². The molecule has 0 radical (unpaired) electrons. The molecule has 0 atom stereocenters. The Morgan fingerprint density at radius 3 is 2.38 bits per heavy atom. The number of thioether (sulfide) groups is 1. The third-order valence-electron chi connectivity index (χ3n) is 4.13. The molecule has 0 aliphatic heterocycles. The predicted molar refractivity (Wildman–Crippen MR) is 109 cm³/mol. The fourth-order valence-electron chi connectivity index (χ4n) is 2.61. The normalized spacial score (nSPS) is 13.0. The summed E-state index contributed by atoms with van der Waals surface area (Å²) >= 11 is 1.19. The fraction of sp³-hybridized carbons (Fsp3) is 0.368. The Hall–Kier alpha value is -2.85. The molecule has 1 aromatic carbocycles. The minimum Gasteiger partial charge on any atom is -0.390 e. The zero-order chi connectivity index (χ0) is 20.8. The van der Waals surface area contributed by atoms with Crippen molar-refractivity contribution in [3.63, 3.8) is 0 Å². The lowest BCUT2D eigenvalue weighted by Gasteiger charge is -2.11. The van der Waals surface area contributed by atoms with Gasteiger partial charge in [-0.3, -0.25) is 14.4 Å². The minimum atomic E-state index is -0.239. The number of benzene rings is 1. The fourth-order valence-corrected chi connectivity index (χ4v) is 3.41. The molecular weight excluding hydrogens is 394 g/mol. The van der Waals surface area contributed by atoms with Gasteiger partial charge >= 0.3 is 0 Å². The van der Waals surface area contributed by atoms with Gasteiger partial charge in [0.2, 0.25) is 17.7 Å². The van der Waals surface area contributed by atoms with Crippen LogP contribution in [-0.2, 0) is 27.5 Å². The maximum atomic E-state index is 12.2. The van der Waals surface area contributed by atoms with Gasteiger partial charge in [0, 0.05) is 24.3 Å². The summed E-state index contributed by atoms with van der Waals surface area (Å²) in [5, 5.41) is 18.3. The van der Waals surface area contributed by atoms with Crippen molar-refractivity contribution in [2.24, 2.45) is 0 Å². The maximum Gasteiger partial charge on any atom is 0.240 e. The van der Waals surface area contributed by atoms with Crippen molar-refractivity contribution in [3.05, 3.63) is 36.2 Å². The van der Waals surface area contributed by atoms with E-state index in [0.29, 0.717) is 22.2 Å². The molecule has 154 valence electrons. The number of hydrogen-bond donors (Lipinski definition) is 4. The number of rotatable bonds is 9. The Morgan fingerprint density at radius 2 is 1.79 bits per heavy atom. The molecule has 0 unspecified atom stereocenters. The first-order chi connectivity index (χ1) is 13.9. The Kier molecular flexibility index (Phi) is 6.89. The monoisotopic (exact) mass is 417 g/mol. The van der Waals surface area contributed by atoms with E-state index >= 15 is 0 Å². The molecule has 1 saturated carbocycles. The van der Waals surface area contributed by atoms with Crippen molar-refractivity contribution in [2.45, 2.75) is 44.1 Å². The lowest BCUT2D eigenvalue weighted by atomic mass is 10.3. The van der Waals surface area contributed by atoms with Gasteiger partial charge in [0.15, 0.2) is 5.16 Å². The molecule has 0 spiro atoms. The predicted octanol–water partition coefficient (Wildman–Crippen LogP) is 1.34. The average Bonchev–Trinajstić information content (AvgIpc) is 3.40. The molecule has 4 N–H and O–H groups in total. The number of aromatic nitrogens is 2. The summed E-state index contributed by atoms with van der Waals surface area (Å²) in [4.78, 5) is 39.6. The molecule has 10 heteroatoms. The van der Waals surface area contributed by atoms with Crippen LogP contribution in [0.15, 0.2) is 35.6 Å². The Labute approximate surface area is 172 Å². The smallest absolute Gasteiger partial charge is 0.240 e. The number of amides is 3. The van der Waals surface area contributed by atoms with Gasteiger partial charge in [0.25, 0.3) is 0 Å². The molecule has 1 aliphatic rings. The van der Waals surface area contributed by atoms with Crippen molar-refractivity contribution in [2.75, 3.05) is 16.4 Å². The zero-order valence-corrected chi connectivity index (χ0v) is 16.8. The molecule has 3 amide bonds. The second-order valence-electron chi connectivity index (χ2n) is 6.71. The second kappa shape index (κ2) is 9.57. The van der Waals surface area contributed by atoms with Crippen LogP contribution < -0.4 is 16.0 Å². The molecule has 1 fully saturated rings. The van der Waals surface area contributed by atoms with Crippen molar-refractivity contribution in [1.82, 2.24) is 14.9 Å². The standard InChI is InChI=1S/C19H23N5O4S/c1-12(26)21-13-2-4-15(5-3-13)23-18(28)11-29-19-20-8-16(10-25)24(19)9-17(27)22-14-6-7-14/h2-5,8,14,25H,6-7,9-11H2,1H3,(H,21,26)(H,22,27)(H,23,28). The van der Waals surface area contributed by atoms with Crippen LogP contribution in [0.2, 0.25) is 0 Å². The number of nitrogens with one attached hydrogen (secondary N) is 3. The molecule has 1 aliphatic carbocycles. The van der Waals surface area contributed by atoms with E-state index in [1.165, 1.54) is 24.9 Å². The highest BCUT2D eigenvalue weighted by Crippen LogP contribution is 2.21. The van der Waals surface area contributed by atoms with Gasteiger partial charge in [-0.05, 0) is 37.1 Å². The van der Waals surface area contributed by atoms with E-state index in [2.05, 4.69) is 20.9 Å². The van der Waals surface area contributed by atoms with Crippen LogP contribution in [0, 0.1) is 0 Å². The number of aliphatic hydroxyl groups is 1. The van der Waals surface area contributed by atoms with Crippen molar-refractivity contribution in [3.8, 4) is 0 Å². The number of hydrogen-bond acceptors (Lipinski definition) is 6. The number of aliphatic hydroxyl groups excluding tert-OH is 1. The van der Waals surface area contributed by atoms with Gasteiger partial charge < -0.3 is 25.6 Å². The lowest BCUT2D eigenvalue weighted by Crippen LogP contribution is -2.30. The molecule has 0 saturated heterocycles. The van der Waals surface area contributed by atoms with Crippen LogP contribution in [0.25, 0.3) is 0 Å². The van der Waals surface area contributed by atoms with Gasteiger partial charge in [-0.15, -0.1) is 0 Å². The van der Waals surface area contributed by atoms with E-state index in [9.17, 15) is 19.5 Å². The van der Waals surface area contributed by atoms with Crippen molar-refractivity contribution < 1.29 is 19.5 Å². The number of carbonyl (C=O) groups is 3. The topological polar surface area (TPSA) is 125 Å². The first-order valence-corrected chi connectivity index (χ1v) is 10.2. The largest absolute Gasteiger partial charge is 0.390 e. The Bertz CT molecular complexity index is 893. The van der Waals surface area contributed by atoms with Gasteiger partial charge in [-0.25, -0.2) is 4.98 Å². The summed E-state index contributed by atoms with van der Waals surface area (Å²) in [6, 6.07) is 7.04. The van der Waals surface area contributed by atoms with E-state index in [0.717, 1.165) is 12.8 Å². The summed E-state index contributed by atoms with van der Waals surface area (Å²) in [5.41, 5.74) is 1.77. The van der Waals surface area contributed by atoms with Crippen LogP contribution in [0.4, 0.5) is 11.4 Å². The minimum absolute atomic E-state index is 0.0565. The summed E-state index contributed by atoms with van der Waals surface area (Å²) in [6.07, 6.45) is 3.50. The summed E-state index contributed by atoms with van der Waals surface area (Å²) in [7, 11) is 0. The van der Waals surface area contributed by atoms with Gasteiger partial charge in [0.1, 0.15) is 6.54 Å². The van der Waals surface area contributed by atoms with E-state index in [4.69, 9.17) is 0 Å².